The number of rotatable bonds is 0. The van der Waals surface area contributed by atoms with Crippen molar-refractivity contribution in [3.8, 4) is 0 Å². The molecule has 1 unspecified atom stereocenters. The summed E-state index contributed by atoms with van der Waals surface area (Å²) in [7, 11) is 1.82. The van der Waals surface area contributed by atoms with Gasteiger partial charge in [-0.15, -0.1) is 0 Å². The first kappa shape index (κ1) is 18.8. The first-order valence-corrected chi connectivity index (χ1v) is 8.00. The van der Waals surface area contributed by atoms with Gasteiger partial charge in [0, 0.05) is 19.2 Å². The van der Waals surface area contributed by atoms with Crippen LogP contribution in [0.25, 0.3) is 11.2 Å². The van der Waals surface area contributed by atoms with Gasteiger partial charge in [-0.05, 0) is 0 Å². The van der Waals surface area contributed by atoms with E-state index in [1.54, 1.807) is 17.1 Å². The van der Waals surface area contributed by atoms with Crippen LogP contribution in [-0.2, 0) is 7.05 Å². The molecule has 3 aromatic rings. The summed E-state index contributed by atoms with van der Waals surface area (Å²) in [6, 6.07) is 0. The highest BCUT2D eigenvalue weighted by Crippen LogP contribution is 2.25. The van der Waals surface area contributed by atoms with Crippen LogP contribution < -0.4 is 22.8 Å². The summed E-state index contributed by atoms with van der Waals surface area (Å²) in [6.45, 7) is 5.92. The Morgan fingerprint density at radius 1 is 1.15 bits per heavy atom. The molecule has 0 radical (unpaired) electrons. The van der Waals surface area contributed by atoms with Gasteiger partial charge >= 0.3 is 0 Å². The molecule has 3 aromatic heterocycles. The highest BCUT2D eigenvalue weighted by molar-refractivity contribution is 5.82. The van der Waals surface area contributed by atoms with Crippen molar-refractivity contribution in [1.29, 1.82) is 0 Å². The molecule has 0 fully saturated rings. The Kier molecular flexibility index (Phi) is 5.50. The van der Waals surface area contributed by atoms with Crippen molar-refractivity contribution in [2.45, 2.75) is 26.7 Å². The predicted octanol–water partition coefficient (Wildman–Crippen LogP) is 0.725. The van der Waals surface area contributed by atoms with E-state index in [9.17, 15) is 4.79 Å². The monoisotopic (exact) mass is 358 g/mol. The number of aromatic nitrogens is 6. The van der Waals surface area contributed by atoms with Gasteiger partial charge < -0.3 is 21.8 Å². The van der Waals surface area contributed by atoms with Gasteiger partial charge in [0.25, 0.3) is 5.56 Å². The van der Waals surface area contributed by atoms with E-state index in [-0.39, 0.29) is 23.4 Å². The van der Waals surface area contributed by atoms with Crippen LogP contribution in [0.15, 0.2) is 16.1 Å². The van der Waals surface area contributed by atoms with Crippen molar-refractivity contribution in [1.82, 2.24) is 29.5 Å². The molecular formula is C15H22N10O. The molecule has 1 aliphatic heterocycles. The summed E-state index contributed by atoms with van der Waals surface area (Å²) < 4.78 is 1.74. The largest absolute Gasteiger partial charge is 0.382 e. The Morgan fingerprint density at radius 3 is 2.54 bits per heavy atom. The minimum absolute atomic E-state index is 0.0876. The van der Waals surface area contributed by atoms with Gasteiger partial charge in [-0.1, -0.05) is 20.8 Å². The number of aliphatic imine (C=N–C) groups is 1. The van der Waals surface area contributed by atoms with Crippen LogP contribution in [0.5, 0.6) is 0 Å². The summed E-state index contributed by atoms with van der Waals surface area (Å²) in [5.74, 6) is 0.724. The molecule has 1 aliphatic rings. The van der Waals surface area contributed by atoms with E-state index < -0.39 is 0 Å². The third-order valence-corrected chi connectivity index (χ3v) is 3.40. The smallest absolute Gasteiger partial charge is 0.278 e. The Balaban J connectivity index is 0.000000171. The molecule has 0 saturated heterocycles. The van der Waals surface area contributed by atoms with E-state index in [2.05, 4.69) is 29.9 Å². The standard InChI is InChI=1S/C7H8N4O.C6H8N6.C2H6/c1-3-2-9-5-4(3)10-7(8)11-6(5)12;1-12-2-9-3-4(7)10-6(8)11-5(3)12;1-2/h2-3H,1H3,(H3,8,10,11,12);2H,1H3,(H4,7,8,10,11);1-2H3. The lowest BCUT2D eigenvalue weighted by Crippen LogP contribution is -2.12. The number of aryl methyl sites for hydroxylation is 1. The molecule has 4 heterocycles. The van der Waals surface area contributed by atoms with Gasteiger partial charge in [0.15, 0.2) is 11.5 Å². The number of nitrogens with two attached hydrogens (primary N) is 3. The number of imidazole rings is 1. The average Bonchev–Trinajstić information content (AvgIpc) is 3.15. The third-order valence-electron chi connectivity index (χ3n) is 3.40. The number of hydrogen-bond acceptors (Lipinski definition) is 9. The number of anilines is 3. The Bertz CT molecular complexity index is 1000. The van der Waals surface area contributed by atoms with E-state index >= 15 is 0 Å². The van der Waals surface area contributed by atoms with Gasteiger partial charge in [0.05, 0.1) is 12.0 Å². The van der Waals surface area contributed by atoms with Crippen LogP contribution in [0.1, 0.15) is 32.4 Å². The zero-order chi connectivity index (χ0) is 19.4. The maximum absolute atomic E-state index is 11.2. The lowest BCUT2D eigenvalue weighted by atomic mass is 10.1. The fourth-order valence-electron chi connectivity index (χ4n) is 2.25. The second kappa shape index (κ2) is 7.59. The molecule has 11 nitrogen and oxygen atoms in total. The predicted molar refractivity (Wildman–Crippen MR) is 102 cm³/mol. The zero-order valence-electron chi connectivity index (χ0n) is 15.1. The molecular weight excluding hydrogens is 336 g/mol. The Labute approximate surface area is 149 Å². The van der Waals surface area contributed by atoms with Gasteiger partial charge in [0.2, 0.25) is 11.9 Å². The summed E-state index contributed by atoms with van der Waals surface area (Å²) in [6.07, 6.45) is 3.31. The molecule has 138 valence electrons. The Hall–Kier alpha value is -3.50. The van der Waals surface area contributed by atoms with Crippen molar-refractivity contribution in [3.63, 3.8) is 0 Å². The quantitative estimate of drug-likeness (QED) is 0.453. The van der Waals surface area contributed by atoms with Crippen LogP contribution in [0.4, 0.5) is 23.4 Å². The minimum Gasteiger partial charge on any atom is -0.382 e. The van der Waals surface area contributed by atoms with Crippen LogP contribution in [-0.4, -0.2) is 35.7 Å². The molecule has 7 N–H and O–H groups in total. The van der Waals surface area contributed by atoms with Crippen LogP contribution in [0.2, 0.25) is 0 Å². The van der Waals surface area contributed by atoms with Gasteiger partial charge in [0.1, 0.15) is 11.2 Å². The second-order valence-electron chi connectivity index (χ2n) is 5.25. The minimum atomic E-state index is -0.266. The first-order valence-electron chi connectivity index (χ1n) is 8.00. The molecule has 11 heteroatoms. The third kappa shape index (κ3) is 3.61. The van der Waals surface area contributed by atoms with Crippen molar-refractivity contribution < 1.29 is 0 Å². The number of nitrogen functional groups attached to an aromatic ring is 3. The van der Waals surface area contributed by atoms with Gasteiger partial charge in [-0.3, -0.25) is 14.8 Å². The molecule has 4 rings (SSSR count). The normalized spacial score (nSPS) is 14.2. The molecule has 1 atom stereocenters. The SMILES string of the molecule is CC.CC1C=Nc2c1nc(N)[nH]c2=O.Cn1cnc2c(N)nc(N)nc21. The molecule has 0 bridgehead atoms. The van der Waals surface area contributed by atoms with Crippen molar-refractivity contribution in [2.75, 3.05) is 17.2 Å². The number of fused-ring (bicyclic) bond motifs is 2. The molecule has 0 saturated carbocycles. The maximum atomic E-state index is 11.2. The van der Waals surface area contributed by atoms with Crippen molar-refractivity contribution >= 4 is 40.8 Å². The second-order valence-corrected chi connectivity index (χ2v) is 5.25. The first-order chi connectivity index (χ1) is 12.4. The van der Waals surface area contributed by atoms with E-state index in [1.165, 1.54) is 0 Å². The molecule has 0 aliphatic carbocycles. The topological polar surface area (TPSA) is 180 Å². The number of nitrogens with one attached hydrogen (secondary N) is 1. The molecule has 0 aromatic carbocycles. The van der Waals surface area contributed by atoms with Crippen LogP contribution in [0.3, 0.4) is 0 Å². The molecule has 26 heavy (non-hydrogen) atoms. The number of hydrogen-bond donors (Lipinski definition) is 4. The van der Waals surface area contributed by atoms with Gasteiger partial charge in [-0.25, -0.2) is 9.97 Å². The van der Waals surface area contributed by atoms with Crippen molar-refractivity contribution in [3.05, 3.63) is 22.4 Å². The highest BCUT2D eigenvalue weighted by Gasteiger charge is 2.19. The van der Waals surface area contributed by atoms with E-state index in [1.807, 2.05) is 27.8 Å². The fourth-order valence-corrected chi connectivity index (χ4v) is 2.25. The highest BCUT2D eigenvalue weighted by atomic mass is 16.1. The fraction of sp³-hybridized carbons (Fsp3) is 0.333. The zero-order valence-corrected chi connectivity index (χ0v) is 15.1. The lowest BCUT2D eigenvalue weighted by Gasteiger charge is -2.00. The number of aromatic amines is 1. The summed E-state index contributed by atoms with van der Waals surface area (Å²) in [4.78, 5) is 33.3. The summed E-state index contributed by atoms with van der Waals surface area (Å²) in [5.41, 5.74) is 18.4. The molecule has 0 amide bonds. The summed E-state index contributed by atoms with van der Waals surface area (Å²) in [5, 5.41) is 0. The van der Waals surface area contributed by atoms with E-state index in [4.69, 9.17) is 17.2 Å². The van der Waals surface area contributed by atoms with E-state index in [0.717, 1.165) is 0 Å². The maximum Gasteiger partial charge on any atom is 0.278 e. The van der Waals surface area contributed by atoms with Crippen molar-refractivity contribution in [2.24, 2.45) is 12.0 Å². The van der Waals surface area contributed by atoms with Crippen LogP contribution >= 0.6 is 0 Å². The lowest BCUT2D eigenvalue weighted by molar-refractivity contribution is 0.930. The summed E-state index contributed by atoms with van der Waals surface area (Å²) >= 11 is 0. The number of nitrogens with zero attached hydrogens (tertiary/aromatic N) is 6. The average molecular weight is 358 g/mol. The number of H-pyrrole nitrogens is 1. The Morgan fingerprint density at radius 2 is 1.85 bits per heavy atom. The molecule has 0 spiro atoms. The van der Waals surface area contributed by atoms with Gasteiger partial charge in [-0.2, -0.15) is 9.97 Å². The van der Waals surface area contributed by atoms with E-state index in [0.29, 0.717) is 28.4 Å². The van der Waals surface area contributed by atoms with Crippen LogP contribution in [0, 0.1) is 0 Å².